The first-order valence-corrected chi connectivity index (χ1v) is 8.20. The lowest BCUT2D eigenvalue weighted by Crippen LogP contribution is -2.05. The van der Waals surface area contributed by atoms with E-state index >= 15 is 0 Å². The fraction of sp³-hybridized carbons (Fsp3) is 0.375. The van der Waals surface area contributed by atoms with Crippen molar-refractivity contribution in [1.29, 1.82) is 0 Å². The van der Waals surface area contributed by atoms with Crippen molar-refractivity contribution in [3.05, 3.63) is 35.5 Å². The molecule has 7 nitrogen and oxygen atoms in total. The average Bonchev–Trinajstić information content (AvgIpc) is 2.98. The highest BCUT2D eigenvalue weighted by molar-refractivity contribution is 6.28. The summed E-state index contributed by atoms with van der Waals surface area (Å²) in [5.74, 6) is 1.39. The lowest BCUT2D eigenvalue weighted by molar-refractivity contribution is 0.405. The van der Waals surface area contributed by atoms with E-state index in [1.165, 1.54) is 0 Å². The minimum absolute atomic E-state index is 0.211. The van der Waals surface area contributed by atoms with Gasteiger partial charge in [-0.15, -0.1) is 0 Å². The Balaban J connectivity index is 1.91. The summed E-state index contributed by atoms with van der Waals surface area (Å²) in [4.78, 5) is 12.6. The molecule has 0 unspecified atom stereocenters. The van der Waals surface area contributed by atoms with Gasteiger partial charge in [-0.05, 0) is 24.1 Å². The number of unbranched alkanes of at least 4 members (excludes halogenated alkanes) is 1. The van der Waals surface area contributed by atoms with Crippen LogP contribution in [0.4, 0.5) is 5.82 Å². The second-order valence-corrected chi connectivity index (χ2v) is 5.71. The van der Waals surface area contributed by atoms with Gasteiger partial charge in [-0.25, -0.2) is 4.98 Å². The van der Waals surface area contributed by atoms with E-state index in [9.17, 15) is 0 Å². The Labute approximate surface area is 145 Å². The monoisotopic (exact) mass is 346 g/mol. The molecule has 126 valence electrons. The van der Waals surface area contributed by atoms with Crippen LogP contribution in [0.3, 0.4) is 0 Å². The van der Waals surface area contributed by atoms with Gasteiger partial charge in [-0.2, -0.15) is 10.1 Å². The molecule has 0 bridgehead atoms. The smallest absolute Gasteiger partial charge is 0.225 e. The standard InChI is InChI=1S/C16H19ClN6O/c1-3-4-6-19-15-14-12(20-16(17)21-15)10-23(22-14)9-11-5-7-18-8-13(11)24-2/h5,7-8,10H,3-4,6,9H2,1-2H3,(H,19,20,21). The third-order valence-electron chi connectivity index (χ3n) is 3.63. The van der Waals surface area contributed by atoms with Crippen LogP contribution in [0.15, 0.2) is 24.7 Å². The first-order chi connectivity index (χ1) is 11.7. The molecule has 3 rings (SSSR count). The first kappa shape index (κ1) is 16.4. The van der Waals surface area contributed by atoms with E-state index in [4.69, 9.17) is 16.3 Å². The zero-order valence-corrected chi connectivity index (χ0v) is 14.4. The number of nitrogens with one attached hydrogen (secondary N) is 1. The van der Waals surface area contributed by atoms with E-state index in [0.29, 0.717) is 23.4 Å². The molecule has 0 atom stereocenters. The highest BCUT2D eigenvalue weighted by Crippen LogP contribution is 2.22. The minimum Gasteiger partial charge on any atom is -0.495 e. The number of fused-ring (bicyclic) bond motifs is 1. The number of methoxy groups -OCH3 is 1. The molecule has 0 radical (unpaired) electrons. The Morgan fingerprint density at radius 3 is 3.00 bits per heavy atom. The minimum atomic E-state index is 0.211. The van der Waals surface area contributed by atoms with Gasteiger partial charge in [0.05, 0.1) is 26.0 Å². The Morgan fingerprint density at radius 1 is 1.33 bits per heavy atom. The number of hydrogen-bond donors (Lipinski definition) is 1. The average molecular weight is 347 g/mol. The molecule has 1 N–H and O–H groups in total. The van der Waals surface area contributed by atoms with E-state index < -0.39 is 0 Å². The molecular formula is C16H19ClN6O. The molecule has 3 aromatic heterocycles. The van der Waals surface area contributed by atoms with Gasteiger partial charge in [0.2, 0.25) is 5.28 Å². The van der Waals surface area contributed by atoms with Gasteiger partial charge >= 0.3 is 0 Å². The summed E-state index contributed by atoms with van der Waals surface area (Å²) >= 11 is 6.03. The maximum absolute atomic E-state index is 6.03. The van der Waals surface area contributed by atoms with Crippen LogP contribution in [0.5, 0.6) is 5.75 Å². The maximum Gasteiger partial charge on any atom is 0.225 e. The molecule has 24 heavy (non-hydrogen) atoms. The third kappa shape index (κ3) is 3.56. The number of aromatic nitrogens is 5. The van der Waals surface area contributed by atoms with Crippen LogP contribution in [-0.2, 0) is 6.54 Å². The van der Waals surface area contributed by atoms with Crippen LogP contribution in [0.1, 0.15) is 25.3 Å². The van der Waals surface area contributed by atoms with E-state index in [2.05, 4.69) is 32.3 Å². The van der Waals surface area contributed by atoms with Gasteiger partial charge in [0.1, 0.15) is 11.3 Å². The summed E-state index contributed by atoms with van der Waals surface area (Å²) in [6.45, 7) is 3.51. The third-order valence-corrected chi connectivity index (χ3v) is 3.80. The summed E-state index contributed by atoms with van der Waals surface area (Å²) in [6.07, 6.45) is 7.43. The van der Waals surface area contributed by atoms with Crippen molar-refractivity contribution in [2.75, 3.05) is 19.0 Å². The van der Waals surface area contributed by atoms with Gasteiger partial charge < -0.3 is 10.1 Å². The number of pyridine rings is 1. The SMILES string of the molecule is CCCCNc1nc(Cl)nc2cn(Cc3ccncc3OC)nc12. The summed E-state index contributed by atoms with van der Waals surface area (Å²) in [6, 6.07) is 1.91. The summed E-state index contributed by atoms with van der Waals surface area (Å²) in [5.41, 5.74) is 2.41. The Bertz CT molecular complexity index is 835. The Morgan fingerprint density at radius 2 is 2.21 bits per heavy atom. The number of hydrogen-bond acceptors (Lipinski definition) is 6. The molecule has 0 aliphatic carbocycles. The van der Waals surface area contributed by atoms with Gasteiger partial charge in [-0.1, -0.05) is 13.3 Å². The Hall–Kier alpha value is -2.41. The van der Waals surface area contributed by atoms with Gasteiger partial charge in [0, 0.05) is 18.3 Å². The van der Waals surface area contributed by atoms with E-state index in [-0.39, 0.29) is 5.28 Å². The molecule has 3 heterocycles. The second-order valence-electron chi connectivity index (χ2n) is 5.37. The Kier molecular flexibility index (Phi) is 5.10. The molecule has 0 aromatic carbocycles. The summed E-state index contributed by atoms with van der Waals surface area (Å²) < 4.78 is 7.14. The fourth-order valence-corrected chi connectivity index (χ4v) is 2.59. The van der Waals surface area contributed by atoms with Gasteiger partial charge in [0.25, 0.3) is 0 Å². The molecule has 0 saturated carbocycles. The molecular weight excluding hydrogens is 328 g/mol. The molecule has 3 aromatic rings. The van der Waals surface area contributed by atoms with Crippen molar-refractivity contribution in [3.63, 3.8) is 0 Å². The largest absolute Gasteiger partial charge is 0.495 e. The lowest BCUT2D eigenvalue weighted by atomic mass is 10.2. The maximum atomic E-state index is 6.03. The molecule has 0 amide bonds. The molecule has 0 aliphatic rings. The fourth-order valence-electron chi connectivity index (χ4n) is 2.42. The van der Waals surface area contributed by atoms with E-state index in [1.807, 2.05) is 12.3 Å². The van der Waals surface area contributed by atoms with Crippen molar-refractivity contribution in [2.45, 2.75) is 26.3 Å². The molecule has 0 fully saturated rings. The highest BCUT2D eigenvalue weighted by Gasteiger charge is 2.12. The van der Waals surface area contributed by atoms with Gasteiger partial charge in [0.15, 0.2) is 11.3 Å². The van der Waals surface area contributed by atoms with Crippen molar-refractivity contribution in [3.8, 4) is 5.75 Å². The highest BCUT2D eigenvalue weighted by atomic mass is 35.5. The normalized spacial score (nSPS) is 11.0. The van der Waals surface area contributed by atoms with Crippen molar-refractivity contribution >= 4 is 28.5 Å². The number of ether oxygens (including phenoxy) is 1. The van der Waals surface area contributed by atoms with E-state index in [1.54, 1.807) is 24.2 Å². The van der Waals surface area contributed by atoms with Crippen LogP contribution in [-0.4, -0.2) is 38.4 Å². The molecule has 8 heteroatoms. The first-order valence-electron chi connectivity index (χ1n) is 7.82. The van der Waals surface area contributed by atoms with Crippen LogP contribution in [0.2, 0.25) is 5.28 Å². The molecule has 0 saturated heterocycles. The quantitative estimate of drug-likeness (QED) is 0.523. The second kappa shape index (κ2) is 7.44. The summed E-state index contributed by atoms with van der Waals surface area (Å²) in [7, 11) is 1.63. The predicted molar refractivity (Wildman–Crippen MR) is 93.6 cm³/mol. The predicted octanol–water partition coefficient (Wildman–Crippen LogP) is 3.14. The lowest BCUT2D eigenvalue weighted by Gasteiger charge is -2.07. The van der Waals surface area contributed by atoms with Crippen molar-refractivity contribution in [2.24, 2.45) is 0 Å². The number of halogens is 1. The van der Waals surface area contributed by atoms with Crippen LogP contribution in [0.25, 0.3) is 11.0 Å². The van der Waals surface area contributed by atoms with Crippen LogP contribution in [0, 0.1) is 0 Å². The van der Waals surface area contributed by atoms with Crippen LogP contribution < -0.4 is 10.1 Å². The number of nitrogens with zero attached hydrogens (tertiary/aromatic N) is 5. The van der Waals surface area contributed by atoms with Crippen molar-refractivity contribution < 1.29 is 4.74 Å². The summed E-state index contributed by atoms with van der Waals surface area (Å²) in [5, 5.41) is 8.09. The zero-order valence-electron chi connectivity index (χ0n) is 13.7. The number of rotatable bonds is 7. The van der Waals surface area contributed by atoms with Crippen molar-refractivity contribution in [1.82, 2.24) is 24.7 Å². The topological polar surface area (TPSA) is 77.8 Å². The molecule has 0 spiro atoms. The van der Waals surface area contributed by atoms with E-state index in [0.717, 1.165) is 30.7 Å². The number of anilines is 1. The zero-order chi connectivity index (χ0) is 16.9. The molecule has 0 aliphatic heterocycles. The van der Waals surface area contributed by atoms with Crippen LogP contribution >= 0.6 is 11.6 Å². The van der Waals surface area contributed by atoms with Gasteiger partial charge in [-0.3, -0.25) is 9.67 Å².